The molecule has 2 aliphatic heterocycles. The third-order valence-corrected chi connectivity index (χ3v) is 8.06. The van der Waals surface area contributed by atoms with E-state index in [1.807, 2.05) is 12.1 Å². The first-order valence-electron chi connectivity index (χ1n) is 11.5. The molecule has 0 aliphatic carbocycles. The number of amides is 1. The molecule has 3 aromatic rings. The highest BCUT2D eigenvalue weighted by Gasteiger charge is 2.27. The number of anilines is 3. The summed E-state index contributed by atoms with van der Waals surface area (Å²) in [5, 5.41) is 3.42. The second-order valence-corrected chi connectivity index (χ2v) is 10.8. The van der Waals surface area contributed by atoms with Crippen LogP contribution in [0.25, 0.3) is 11.3 Å². The average molecular weight is 529 g/mol. The number of ether oxygens (including phenoxy) is 2. The molecule has 0 saturated carbocycles. The first-order chi connectivity index (χ1) is 17.4. The van der Waals surface area contributed by atoms with Crippen LogP contribution in [0.15, 0.2) is 60.8 Å². The number of pyridine rings is 1. The van der Waals surface area contributed by atoms with E-state index in [0.29, 0.717) is 40.7 Å². The Morgan fingerprint density at radius 2 is 1.78 bits per heavy atom. The maximum absolute atomic E-state index is 12.9. The first-order valence-corrected chi connectivity index (χ1v) is 13.5. The molecule has 0 spiro atoms. The number of hydrogen-bond donors (Lipinski definition) is 1. The summed E-state index contributed by atoms with van der Waals surface area (Å²) in [6.07, 6.45) is 1.72. The zero-order valence-electron chi connectivity index (χ0n) is 19.4. The fourth-order valence-corrected chi connectivity index (χ4v) is 5.60. The standard InChI is InChI=1S/C25H25ClN4O5S/c26-22-8-5-19(16-21(22)24-23(2-1-9-27-24)29-10-12-34-13-11-29)28-25(31)18-3-6-20(7-4-18)30-17-35-14-15-36(30,32)33/h1-9,16H,10-15,17H2,(H,28,31). The van der Waals surface area contributed by atoms with Crippen LogP contribution in [0.2, 0.25) is 5.02 Å². The number of carbonyl (C=O) groups excluding carboxylic acids is 1. The molecule has 188 valence electrons. The summed E-state index contributed by atoms with van der Waals surface area (Å²) < 4.78 is 36.5. The fraction of sp³-hybridized carbons (Fsp3) is 0.280. The summed E-state index contributed by atoms with van der Waals surface area (Å²) in [7, 11) is -3.43. The second-order valence-electron chi connectivity index (χ2n) is 8.37. The molecule has 0 bridgehead atoms. The molecule has 5 rings (SSSR count). The molecule has 2 aliphatic rings. The summed E-state index contributed by atoms with van der Waals surface area (Å²) in [6, 6.07) is 15.5. The second kappa shape index (κ2) is 10.4. The minimum Gasteiger partial charge on any atom is -0.378 e. The molecule has 2 saturated heterocycles. The third kappa shape index (κ3) is 5.17. The van der Waals surface area contributed by atoms with Crippen LogP contribution in [0.1, 0.15) is 10.4 Å². The van der Waals surface area contributed by atoms with Crippen LogP contribution >= 0.6 is 11.6 Å². The molecule has 1 aromatic heterocycles. The molecular weight excluding hydrogens is 504 g/mol. The number of morpholine rings is 1. The van der Waals surface area contributed by atoms with Gasteiger partial charge in [-0.2, -0.15) is 0 Å². The Hall–Kier alpha value is -3.18. The average Bonchev–Trinajstić information content (AvgIpc) is 2.90. The SMILES string of the molecule is O=C(Nc1ccc(Cl)c(-c2ncccc2N2CCOCC2)c1)c1ccc(N2COCCS2(=O)=O)cc1. The summed E-state index contributed by atoms with van der Waals surface area (Å²) in [5.41, 5.74) is 3.80. The van der Waals surface area contributed by atoms with Gasteiger partial charge in [0.05, 0.1) is 47.7 Å². The van der Waals surface area contributed by atoms with Crippen molar-refractivity contribution in [3.63, 3.8) is 0 Å². The van der Waals surface area contributed by atoms with Gasteiger partial charge in [-0.05, 0) is 54.6 Å². The Morgan fingerprint density at radius 3 is 2.53 bits per heavy atom. The van der Waals surface area contributed by atoms with Gasteiger partial charge in [0, 0.05) is 36.1 Å². The van der Waals surface area contributed by atoms with Gasteiger partial charge in [0.1, 0.15) is 6.73 Å². The van der Waals surface area contributed by atoms with Crippen LogP contribution in [0.5, 0.6) is 0 Å². The number of aromatic nitrogens is 1. The third-order valence-electron chi connectivity index (χ3n) is 6.06. The van der Waals surface area contributed by atoms with Gasteiger partial charge in [0.15, 0.2) is 0 Å². The van der Waals surface area contributed by atoms with Crippen molar-refractivity contribution in [2.24, 2.45) is 0 Å². The number of halogens is 1. The van der Waals surface area contributed by atoms with Crippen molar-refractivity contribution >= 4 is 44.6 Å². The Labute approximate surface area is 214 Å². The van der Waals surface area contributed by atoms with E-state index in [-0.39, 0.29) is 25.0 Å². The molecule has 0 radical (unpaired) electrons. The lowest BCUT2D eigenvalue weighted by Gasteiger charge is -2.30. The van der Waals surface area contributed by atoms with Crippen LogP contribution < -0.4 is 14.5 Å². The molecule has 0 atom stereocenters. The smallest absolute Gasteiger partial charge is 0.255 e. The molecule has 1 N–H and O–H groups in total. The van der Waals surface area contributed by atoms with E-state index >= 15 is 0 Å². The van der Waals surface area contributed by atoms with Gasteiger partial charge in [-0.1, -0.05) is 11.6 Å². The molecule has 2 fully saturated rings. The molecule has 1 amide bonds. The molecule has 2 aromatic carbocycles. The molecule has 0 unspecified atom stereocenters. The van der Waals surface area contributed by atoms with Gasteiger partial charge < -0.3 is 19.7 Å². The van der Waals surface area contributed by atoms with Crippen molar-refractivity contribution in [2.45, 2.75) is 0 Å². The predicted molar refractivity (Wildman–Crippen MR) is 139 cm³/mol. The number of nitrogens with zero attached hydrogens (tertiary/aromatic N) is 3. The van der Waals surface area contributed by atoms with E-state index < -0.39 is 10.0 Å². The number of carbonyl (C=O) groups is 1. The fourth-order valence-electron chi connectivity index (χ4n) is 4.17. The van der Waals surface area contributed by atoms with Crippen LogP contribution in [0, 0.1) is 0 Å². The summed E-state index contributed by atoms with van der Waals surface area (Å²) >= 11 is 6.55. The zero-order valence-corrected chi connectivity index (χ0v) is 21.0. The first kappa shape index (κ1) is 24.5. The summed E-state index contributed by atoms with van der Waals surface area (Å²) in [5.74, 6) is -0.403. The van der Waals surface area contributed by atoms with Gasteiger partial charge in [-0.25, -0.2) is 12.7 Å². The predicted octanol–water partition coefficient (Wildman–Crippen LogP) is 3.61. The normalized spacial score (nSPS) is 17.6. The monoisotopic (exact) mass is 528 g/mol. The van der Waals surface area contributed by atoms with Crippen LogP contribution in [0.4, 0.5) is 17.1 Å². The summed E-state index contributed by atoms with van der Waals surface area (Å²) in [4.78, 5) is 19.7. The van der Waals surface area contributed by atoms with Crippen molar-refractivity contribution in [2.75, 3.05) is 59.9 Å². The minimum atomic E-state index is -3.43. The quantitative estimate of drug-likeness (QED) is 0.539. The van der Waals surface area contributed by atoms with Gasteiger partial charge in [0.25, 0.3) is 5.91 Å². The number of benzene rings is 2. The molecule has 3 heterocycles. The van der Waals surface area contributed by atoms with Gasteiger partial charge >= 0.3 is 0 Å². The Kier molecular flexibility index (Phi) is 7.10. The van der Waals surface area contributed by atoms with Crippen LogP contribution in [0.3, 0.4) is 0 Å². The van der Waals surface area contributed by atoms with E-state index in [0.717, 1.165) is 24.5 Å². The number of rotatable bonds is 5. The van der Waals surface area contributed by atoms with Crippen molar-refractivity contribution < 1.29 is 22.7 Å². The lowest BCUT2D eigenvalue weighted by atomic mass is 10.1. The number of sulfonamides is 1. The Balaban J connectivity index is 1.36. The van der Waals surface area contributed by atoms with E-state index in [4.69, 9.17) is 21.1 Å². The van der Waals surface area contributed by atoms with Gasteiger partial charge in [0.2, 0.25) is 10.0 Å². The highest BCUT2D eigenvalue weighted by molar-refractivity contribution is 7.92. The zero-order chi connectivity index (χ0) is 25.1. The molecule has 36 heavy (non-hydrogen) atoms. The maximum Gasteiger partial charge on any atom is 0.255 e. The van der Waals surface area contributed by atoms with Crippen molar-refractivity contribution in [3.8, 4) is 11.3 Å². The maximum atomic E-state index is 12.9. The molecule has 11 heteroatoms. The van der Waals surface area contributed by atoms with E-state index in [9.17, 15) is 13.2 Å². The van der Waals surface area contributed by atoms with E-state index in [1.54, 1.807) is 48.7 Å². The highest BCUT2D eigenvalue weighted by atomic mass is 35.5. The van der Waals surface area contributed by atoms with Gasteiger partial charge in [-0.3, -0.25) is 9.78 Å². The number of nitrogens with one attached hydrogen (secondary N) is 1. The lowest BCUT2D eigenvalue weighted by molar-refractivity contribution is 0.102. The van der Waals surface area contributed by atoms with Crippen molar-refractivity contribution in [3.05, 3.63) is 71.4 Å². The topological polar surface area (TPSA) is 101 Å². The Morgan fingerprint density at radius 1 is 1.00 bits per heavy atom. The minimum absolute atomic E-state index is 0.0403. The van der Waals surface area contributed by atoms with Crippen molar-refractivity contribution in [1.82, 2.24) is 4.98 Å². The van der Waals surface area contributed by atoms with Gasteiger partial charge in [-0.15, -0.1) is 0 Å². The molecular formula is C25H25ClN4O5S. The van der Waals surface area contributed by atoms with Crippen LogP contribution in [-0.4, -0.2) is 64.7 Å². The highest BCUT2D eigenvalue weighted by Crippen LogP contribution is 2.36. The van der Waals surface area contributed by atoms with Crippen molar-refractivity contribution in [1.29, 1.82) is 0 Å². The van der Waals surface area contributed by atoms with E-state index in [1.165, 1.54) is 4.31 Å². The van der Waals surface area contributed by atoms with Crippen LogP contribution in [-0.2, 0) is 19.5 Å². The lowest BCUT2D eigenvalue weighted by Crippen LogP contribution is -2.41. The largest absolute Gasteiger partial charge is 0.378 e. The summed E-state index contributed by atoms with van der Waals surface area (Å²) in [6.45, 7) is 2.94. The Bertz CT molecular complexity index is 1360. The van der Waals surface area contributed by atoms with E-state index in [2.05, 4.69) is 15.2 Å². The molecule has 9 nitrogen and oxygen atoms in total. The number of hydrogen-bond acceptors (Lipinski definition) is 7.